The summed E-state index contributed by atoms with van der Waals surface area (Å²) < 4.78 is 27.6. The maximum absolute atomic E-state index is 11.7. The zero-order valence-electron chi connectivity index (χ0n) is 23.3. The summed E-state index contributed by atoms with van der Waals surface area (Å²) in [6, 6.07) is 30.0. The first-order valence-corrected chi connectivity index (χ1v) is 13.9. The van der Waals surface area contributed by atoms with E-state index in [4.69, 9.17) is 18.9 Å². The van der Waals surface area contributed by atoms with Crippen molar-refractivity contribution in [1.29, 1.82) is 0 Å². The lowest BCUT2D eigenvalue weighted by Crippen LogP contribution is -2.38. The molecule has 10 heteroatoms. The predicted octanol–water partition coefficient (Wildman–Crippen LogP) is 5.00. The Morgan fingerprint density at radius 2 is 1.43 bits per heavy atom. The first-order valence-electron chi connectivity index (χ1n) is 13.9. The summed E-state index contributed by atoms with van der Waals surface area (Å²) in [7, 11) is 0. The number of ether oxygens (including phenoxy) is 4. The number of nitrogens with one attached hydrogen (secondary N) is 2. The highest BCUT2D eigenvalue weighted by molar-refractivity contribution is 5.97. The molecule has 2 N–H and O–H groups in total. The number of benzene rings is 3. The first-order chi connectivity index (χ1) is 20.7. The van der Waals surface area contributed by atoms with Crippen LogP contribution in [-0.4, -0.2) is 50.8 Å². The van der Waals surface area contributed by atoms with E-state index in [0.717, 1.165) is 16.7 Å². The van der Waals surface area contributed by atoms with E-state index in [1.165, 1.54) is 6.92 Å². The molecule has 0 radical (unpaired) electrons. The normalized spacial score (nSPS) is 20.2. The monoisotopic (exact) mass is 567 g/mol. The number of aromatic nitrogens is 4. The van der Waals surface area contributed by atoms with Gasteiger partial charge in [-0.15, -0.1) is 0 Å². The topological polar surface area (TPSA) is 113 Å². The minimum atomic E-state index is -0.661. The number of carbonyl (C=O) groups is 1. The third-order valence-corrected chi connectivity index (χ3v) is 7.10. The Hall–Kier alpha value is -4.35. The van der Waals surface area contributed by atoms with Gasteiger partial charge in [-0.3, -0.25) is 9.89 Å². The van der Waals surface area contributed by atoms with Gasteiger partial charge < -0.3 is 24.3 Å². The van der Waals surface area contributed by atoms with Gasteiger partial charge in [-0.1, -0.05) is 91.0 Å². The van der Waals surface area contributed by atoms with Gasteiger partial charge >= 0.3 is 0 Å². The second kappa shape index (κ2) is 13.1. The van der Waals surface area contributed by atoms with Gasteiger partial charge in [0.15, 0.2) is 11.9 Å². The molecule has 0 bridgehead atoms. The summed E-state index contributed by atoms with van der Waals surface area (Å²) in [5, 5.41) is 15.4. The Balaban J connectivity index is 1.29. The fourth-order valence-electron chi connectivity index (χ4n) is 5.09. The van der Waals surface area contributed by atoms with Crippen molar-refractivity contribution in [1.82, 2.24) is 20.0 Å². The Labute approximate surface area is 243 Å². The van der Waals surface area contributed by atoms with E-state index in [9.17, 15) is 4.79 Å². The van der Waals surface area contributed by atoms with Gasteiger partial charge in [0, 0.05) is 6.92 Å². The molecule has 10 nitrogen and oxygen atoms in total. The van der Waals surface area contributed by atoms with Crippen molar-refractivity contribution in [2.45, 2.75) is 51.3 Å². The van der Waals surface area contributed by atoms with Crippen LogP contribution in [0.3, 0.4) is 0 Å². The van der Waals surface area contributed by atoms with Gasteiger partial charge in [0.25, 0.3) is 0 Å². The molecule has 3 heterocycles. The van der Waals surface area contributed by atoms with Crippen molar-refractivity contribution in [3.05, 3.63) is 114 Å². The van der Waals surface area contributed by atoms with Crippen LogP contribution in [-0.2, 0) is 43.6 Å². The summed E-state index contributed by atoms with van der Waals surface area (Å²) in [5.41, 5.74) is 3.67. The average molecular weight is 568 g/mol. The molecule has 0 spiro atoms. The third-order valence-electron chi connectivity index (χ3n) is 7.10. The number of nitrogens with zero attached hydrogens (tertiary/aromatic N) is 3. The van der Waals surface area contributed by atoms with Crippen LogP contribution in [0.15, 0.2) is 97.2 Å². The summed E-state index contributed by atoms with van der Waals surface area (Å²) in [5.74, 6) is 0.266. The van der Waals surface area contributed by atoms with Crippen molar-refractivity contribution < 1.29 is 23.7 Å². The third kappa shape index (κ3) is 6.42. The highest BCUT2D eigenvalue weighted by Crippen LogP contribution is 2.37. The zero-order valence-corrected chi connectivity index (χ0v) is 23.3. The summed E-state index contributed by atoms with van der Waals surface area (Å²) >= 11 is 0. The van der Waals surface area contributed by atoms with E-state index in [1.54, 1.807) is 10.9 Å². The molecule has 3 aromatic carbocycles. The summed E-state index contributed by atoms with van der Waals surface area (Å²) in [6.07, 6.45) is -0.464. The van der Waals surface area contributed by atoms with Crippen molar-refractivity contribution >= 4 is 22.8 Å². The molecule has 0 aliphatic carbocycles. The molecule has 216 valence electrons. The van der Waals surface area contributed by atoms with Gasteiger partial charge in [0.05, 0.1) is 38.0 Å². The average Bonchev–Trinajstić information content (AvgIpc) is 3.71. The molecule has 5 aromatic rings. The van der Waals surface area contributed by atoms with Gasteiger partial charge in [-0.25, -0.2) is 4.68 Å². The van der Waals surface area contributed by atoms with E-state index < -0.39 is 24.5 Å². The number of carbonyl (C=O) groups excluding carboxylic acids is 1. The summed E-state index contributed by atoms with van der Waals surface area (Å²) in [4.78, 5) is 11.7. The van der Waals surface area contributed by atoms with Crippen molar-refractivity contribution in [3.8, 4) is 0 Å². The highest BCUT2D eigenvalue weighted by Gasteiger charge is 2.48. The number of amides is 1. The smallest absolute Gasteiger partial charge is 0.222 e. The minimum absolute atomic E-state index is 0.209. The number of H-pyrrole nitrogens is 1. The molecule has 1 aliphatic rings. The van der Waals surface area contributed by atoms with Crippen LogP contribution < -0.4 is 5.32 Å². The molecule has 1 amide bonds. The number of fused-ring (bicyclic) bond motifs is 1. The van der Waals surface area contributed by atoms with Gasteiger partial charge in [0.1, 0.15) is 24.1 Å². The number of hydrogen-bond donors (Lipinski definition) is 2. The Morgan fingerprint density at radius 1 is 0.857 bits per heavy atom. The van der Waals surface area contributed by atoms with Gasteiger partial charge in [0.2, 0.25) is 5.91 Å². The molecular formula is C32H33N5O5. The number of anilines is 1. The standard InChI is InChI=1S/C32H33N5O5/c1-22(38)34-30-26-17-33-37(31(26)36-35-30)32-29(41-20-25-15-9-4-10-16-25)28(40-19-24-13-7-3-8-14-24)27(42-32)21-39-18-23-11-5-2-6-12-23/h2-17,27-29,32H,18-21H2,1H3,(H2,34,35,36,38)/t27-,28-,29-,32-/m1/s1. The highest BCUT2D eigenvalue weighted by atomic mass is 16.6. The molecule has 0 saturated carbocycles. The lowest BCUT2D eigenvalue weighted by Gasteiger charge is -2.25. The number of hydrogen-bond acceptors (Lipinski definition) is 7. The van der Waals surface area contributed by atoms with E-state index in [2.05, 4.69) is 20.6 Å². The molecule has 1 fully saturated rings. The molecular weight excluding hydrogens is 534 g/mol. The number of rotatable bonds is 12. The fourth-order valence-corrected chi connectivity index (χ4v) is 5.09. The van der Waals surface area contributed by atoms with Crippen LogP contribution in [0.1, 0.15) is 29.8 Å². The lowest BCUT2D eigenvalue weighted by atomic mass is 10.1. The Bertz CT molecular complexity index is 1570. The van der Waals surface area contributed by atoms with Crippen LogP contribution in [0, 0.1) is 0 Å². The maximum Gasteiger partial charge on any atom is 0.222 e. The van der Waals surface area contributed by atoms with E-state index in [0.29, 0.717) is 36.7 Å². The molecule has 2 aromatic heterocycles. The van der Waals surface area contributed by atoms with Crippen LogP contribution >= 0.6 is 0 Å². The lowest BCUT2D eigenvalue weighted by molar-refractivity contribution is -0.114. The van der Waals surface area contributed by atoms with Crippen LogP contribution in [0.4, 0.5) is 5.82 Å². The largest absolute Gasteiger partial charge is 0.374 e. The predicted molar refractivity (Wildman–Crippen MR) is 156 cm³/mol. The van der Waals surface area contributed by atoms with E-state index in [-0.39, 0.29) is 12.5 Å². The second-order valence-corrected chi connectivity index (χ2v) is 10.2. The van der Waals surface area contributed by atoms with Gasteiger partial charge in [-0.05, 0) is 16.7 Å². The Morgan fingerprint density at radius 3 is 2.02 bits per heavy atom. The molecule has 0 unspecified atom stereocenters. The van der Waals surface area contributed by atoms with Crippen molar-refractivity contribution in [2.75, 3.05) is 11.9 Å². The maximum atomic E-state index is 11.7. The SMILES string of the molecule is CC(=O)Nc1[nH]nc2c1cnn2[C@@H]1O[C@H](COCc2ccccc2)[C@@H](OCc2ccccc2)[C@H]1OCc1ccccc1. The van der Waals surface area contributed by atoms with Crippen LogP contribution in [0.2, 0.25) is 0 Å². The van der Waals surface area contributed by atoms with Gasteiger partial charge in [-0.2, -0.15) is 10.2 Å². The molecule has 42 heavy (non-hydrogen) atoms. The molecule has 1 saturated heterocycles. The second-order valence-electron chi connectivity index (χ2n) is 10.2. The summed E-state index contributed by atoms with van der Waals surface area (Å²) in [6.45, 7) is 2.91. The Kier molecular flexibility index (Phi) is 8.67. The molecule has 6 rings (SSSR count). The van der Waals surface area contributed by atoms with Crippen molar-refractivity contribution in [3.63, 3.8) is 0 Å². The fraction of sp³-hybridized carbons (Fsp3) is 0.281. The number of aromatic amines is 1. The quantitative estimate of drug-likeness (QED) is 0.218. The van der Waals surface area contributed by atoms with E-state index in [1.807, 2.05) is 91.0 Å². The van der Waals surface area contributed by atoms with Crippen LogP contribution in [0.25, 0.3) is 11.0 Å². The molecule has 1 aliphatic heterocycles. The van der Waals surface area contributed by atoms with Crippen LogP contribution in [0.5, 0.6) is 0 Å². The zero-order chi connectivity index (χ0) is 28.7. The molecule has 4 atom stereocenters. The first kappa shape index (κ1) is 27.8. The van der Waals surface area contributed by atoms with E-state index >= 15 is 0 Å². The van der Waals surface area contributed by atoms with Crippen molar-refractivity contribution in [2.24, 2.45) is 0 Å². The minimum Gasteiger partial charge on any atom is -0.374 e.